The van der Waals surface area contributed by atoms with Gasteiger partial charge in [-0.05, 0) is 31.9 Å². The Balaban J connectivity index is 1.45. The summed E-state index contributed by atoms with van der Waals surface area (Å²) in [5.74, 6) is -0.405. The molecule has 2 aliphatic heterocycles. The highest BCUT2D eigenvalue weighted by Gasteiger charge is 2.35. The van der Waals surface area contributed by atoms with E-state index in [2.05, 4.69) is 15.2 Å². The molecule has 2 N–H and O–H groups in total. The highest BCUT2D eigenvalue weighted by Crippen LogP contribution is 2.34. The molecule has 4 heterocycles. The molecule has 8 nitrogen and oxygen atoms in total. The quantitative estimate of drug-likeness (QED) is 0.589. The topological polar surface area (TPSA) is 96.6 Å². The zero-order valence-electron chi connectivity index (χ0n) is 18.4. The van der Waals surface area contributed by atoms with Crippen LogP contribution in [0.3, 0.4) is 0 Å². The van der Waals surface area contributed by atoms with Crippen LogP contribution in [0.1, 0.15) is 45.1 Å². The van der Waals surface area contributed by atoms with Crippen LogP contribution in [-0.4, -0.2) is 60.3 Å². The van der Waals surface area contributed by atoms with E-state index in [-0.39, 0.29) is 23.5 Å². The van der Waals surface area contributed by atoms with Crippen LogP contribution >= 0.6 is 11.3 Å². The van der Waals surface area contributed by atoms with Crippen molar-refractivity contribution in [1.29, 1.82) is 0 Å². The Hall–Kier alpha value is -2.91. The van der Waals surface area contributed by atoms with Crippen molar-refractivity contribution >= 4 is 39.2 Å². The second kappa shape index (κ2) is 7.90. The molecule has 0 bridgehead atoms. The number of methoxy groups -OCH3 is 1. The molecule has 1 amide bonds. The highest BCUT2D eigenvalue weighted by atomic mass is 32.1. The standard InChI is InChI=1S/C23H26N4O4S/c1-23(2)10-17-19(20(28)26-23)32-22(25-17)27-7-8-31-12-14(27)9-13-11-24-18-15(13)5-4-6-16(18)21(29)30-3/h4-6,11,14,24H,7-10,12H2,1-3H3,(H,26,28)/t14-/m0/s1. The summed E-state index contributed by atoms with van der Waals surface area (Å²) in [6.07, 6.45) is 3.40. The number of carbonyl (C=O) groups excluding carboxylic acids is 2. The molecule has 2 aromatic heterocycles. The van der Waals surface area contributed by atoms with Gasteiger partial charge in [-0.3, -0.25) is 4.79 Å². The SMILES string of the molecule is COC(=O)c1cccc2c(C[C@H]3COCCN3c3nc4c(s3)C(=O)NC(C)(C)C4)c[nH]c12. The van der Waals surface area contributed by atoms with Crippen molar-refractivity contribution in [2.45, 2.75) is 38.3 Å². The molecule has 2 aliphatic rings. The maximum Gasteiger partial charge on any atom is 0.339 e. The van der Waals surface area contributed by atoms with Gasteiger partial charge in [-0.15, -0.1) is 0 Å². The number of para-hydroxylation sites is 1. The first-order valence-corrected chi connectivity index (χ1v) is 11.5. The summed E-state index contributed by atoms with van der Waals surface area (Å²) in [6.45, 7) is 5.95. The summed E-state index contributed by atoms with van der Waals surface area (Å²) in [4.78, 5) is 35.8. The molecule has 32 heavy (non-hydrogen) atoms. The Morgan fingerprint density at radius 1 is 1.41 bits per heavy atom. The number of carbonyl (C=O) groups is 2. The van der Waals surface area contributed by atoms with Gasteiger partial charge >= 0.3 is 5.97 Å². The molecular weight excluding hydrogens is 428 g/mol. The van der Waals surface area contributed by atoms with Gasteiger partial charge in [0.05, 0.1) is 43.1 Å². The Bertz CT molecular complexity index is 1200. The van der Waals surface area contributed by atoms with Crippen LogP contribution in [0.2, 0.25) is 0 Å². The van der Waals surface area contributed by atoms with Crippen molar-refractivity contribution < 1.29 is 19.1 Å². The maximum absolute atomic E-state index is 12.6. The van der Waals surface area contributed by atoms with Crippen LogP contribution < -0.4 is 10.2 Å². The van der Waals surface area contributed by atoms with Crippen LogP contribution in [0.4, 0.5) is 5.13 Å². The highest BCUT2D eigenvalue weighted by molar-refractivity contribution is 7.17. The number of H-pyrrole nitrogens is 1. The van der Waals surface area contributed by atoms with Crippen molar-refractivity contribution in [3.63, 3.8) is 0 Å². The number of aromatic nitrogens is 2. The third kappa shape index (κ3) is 3.65. The Morgan fingerprint density at radius 3 is 3.06 bits per heavy atom. The lowest BCUT2D eigenvalue weighted by atomic mass is 9.94. The number of hydrogen-bond donors (Lipinski definition) is 2. The third-order valence-corrected chi connectivity index (χ3v) is 7.22. The van der Waals surface area contributed by atoms with Crippen LogP contribution in [-0.2, 0) is 22.3 Å². The minimum Gasteiger partial charge on any atom is -0.465 e. The fourth-order valence-corrected chi connectivity index (χ4v) is 5.65. The van der Waals surface area contributed by atoms with Gasteiger partial charge in [0.1, 0.15) is 4.88 Å². The van der Waals surface area contributed by atoms with E-state index in [4.69, 9.17) is 14.5 Å². The zero-order chi connectivity index (χ0) is 22.5. The molecule has 0 spiro atoms. The second-order valence-corrected chi connectivity index (χ2v) is 9.92. The summed E-state index contributed by atoms with van der Waals surface area (Å²) >= 11 is 1.46. The number of amides is 1. The predicted octanol–water partition coefficient (Wildman–Crippen LogP) is 2.92. The Morgan fingerprint density at radius 2 is 2.25 bits per heavy atom. The average molecular weight is 455 g/mol. The molecule has 0 saturated carbocycles. The largest absolute Gasteiger partial charge is 0.465 e. The second-order valence-electron chi connectivity index (χ2n) is 8.95. The number of ether oxygens (including phenoxy) is 2. The molecule has 9 heteroatoms. The van der Waals surface area contributed by atoms with E-state index in [9.17, 15) is 9.59 Å². The van der Waals surface area contributed by atoms with Crippen molar-refractivity contribution in [2.75, 3.05) is 31.8 Å². The molecule has 1 fully saturated rings. The van der Waals surface area contributed by atoms with Gasteiger partial charge in [0.2, 0.25) is 0 Å². The third-order valence-electron chi connectivity index (χ3n) is 6.09. The summed E-state index contributed by atoms with van der Waals surface area (Å²) in [6, 6.07) is 5.72. The van der Waals surface area contributed by atoms with Gasteiger partial charge in [-0.25, -0.2) is 9.78 Å². The fraction of sp³-hybridized carbons (Fsp3) is 0.435. The van der Waals surface area contributed by atoms with Crippen LogP contribution in [0.5, 0.6) is 0 Å². The molecule has 5 rings (SSSR count). The first-order chi connectivity index (χ1) is 15.4. The Kier molecular flexibility index (Phi) is 5.17. The number of fused-ring (bicyclic) bond motifs is 2. The van der Waals surface area contributed by atoms with E-state index in [0.29, 0.717) is 23.7 Å². The maximum atomic E-state index is 12.6. The van der Waals surface area contributed by atoms with Crippen LogP contribution in [0, 0.1) is 0 Å². The smallest absolute Gasteiger partial charge is 0.339 e. The summed E-state index contributed by atoms with van der Waals surface area (Å²) in [7, 11) is 1.39. The summed E-state index contributed by atoms with van der Waals surface area (Å²) in [5, 5.41) is 4.93. The average Bonchev–Trinajstić information content (AvgIpc) is 3.37. The number of esters is 1. The van der Waals surface area contributed by atoms with Gasteiger partial charge in [-0.2, -0.15) is 0 Å². The summed E-state index contributed by atoms with van der Waals surface area (Å²) < 4.78 is 10.7. The van der Waals surface area contributed by atoms with Gasteiger partial charge in [0, 0.05) is 30.1 Å². The Labute approximate surface area is 189 Å². The molecule has 0 radical (unpaired) electrons. The minimum absolute atomic E-state index is 0.0447. The normalized spacial score (nSPS) is 20.2. The van der Waals surface area contributed by atoms with E-state index in [0.717, 1.165) is 46.7 Å². The molecular formula is C23H26N4O4S. The summed E-state index contributed by atoms with van der Waals surface area (Å²) in [5.41, 5.74) is 2.99. The lowest BCUT2D eigenvalue weighted by Gasteiger charge is -2.35. The molecule has 1 saturated heterocycles. The number of aromatic amines is 1. The van der Waals surface area contributed by atoms with Crippen molar-refractivity contribution in [2.24, 2.45) is 0 Å². The first kappa shape index (κ1) is 21.0. The van der Waals surface area contributed by atoms with Gasteiger partial charge in [0.25, 0.3) is 5.91 Å². The molecule has 3 aromatic rings. The van der Waals surface area contributed by atoms with E-state index in [1.165, 1.54) is 18.4 Å². The van der Waals surface area contributed by atoms with Crippen LogP contribution in [0.15, 0.2) is 24.4 Å². The van der Waals surface area contributed by atoms with E-state index >= 15 is 0 Å². The zero-order valence-corrected chi connectivity index (χ0v) is 19.2. The van der Waals surface area contributed by atoms with E-state index < -0.39 is 0 Å². The molecule has 0 aliphatic carbocycles. The first-order valence-electron chi connectivity index (χ1n) is 10.7. The molecule has 1 aromatic carbocycles. The number of anilines is 1. The van der Waals surface area contributed by atoms with E-state index in [1.54, 1.807) is 6.07 Å². The van der Waals surface area contributed by atoms with Crippen molar-refractivity contribution in [1.82, 2.24) is 15.3 Å². The van der Waals surface area contributed by atoms with Gasteiger partial charge < -0.3 is 24.7 Å². The molecule has 1 atom stereocenters. The number of benzene rings is 1. The number of rotatable bonds is 4. The van der Waals surface area contributed by atoms with Crippen molar-refractivity contribution in [3.05, 3.63) is 46.1 Å². The molecule has 168 valence electrons. The number of thiazole rings is 1. The lowest BCUT2D eigenvalue weighted by Crippen LogP contribution is -2.48. The predicted molar refractivity (Wildman–Crippen MR) is 123 cm³/mol. The van der Waals surface area contributed by atoms with E-state index in [1.807, 2.05) is 32.2 Å². The monoisotopic (exact) mass is 454 g/mol. The number of morpholine rings is 1. The van der Waals surface area contributed by atoms with Crippen molar-refractivity contribution in [3.8, 4) is 0 Å². The number of hydrogen-bond acceptors (Lipinski definition) is 7. The number of nitrogens with one attached hydrogen (secondary N) is 2. The van der Waals surface area contributed by atoms with Gasteiger partial charge in [0.15, 0.2) is 5.13 Å². The van der Waals surface area contributed by atoms with Gasteiger partial charge in [-0.1, -0.05) is 23.5 Å². The molecule has 0 unspecified atom stereocenters. The lowest BCUT2D eigenvalue weighted by molar-refractivity contribution is 0.0602. The van der Waals surface area contributed by atoms with Crippen LogP contribution in [0.25, 0.3) is 10.9 Å². The fourth-order valence-electron chi connectivity index (χ4n) is 4.58. The number of nitrogens with zero attached hydrogens (tertiary/aromatic N) is 2. The minimum atomic E-state index is -0.360.